The van der Waals surface area contributed by atoms with E-state index in [-0.39, 0.29) is 30.1 Å². The highest BCUT2D eigenvalue weighted by Crippen LogP contribution is 2.27. The number of aromatic nitrogens is 4. The highest BCUT2D eigenvalue weighted by molar-refractivity contribution is 5.97. The molecule has 9 nitrogen and oxygen atoms in total. The number of hydrogen-bond donors (Lipinski definition) is 1. The van der Waals surface area contributed by atoms with Crippen LogP contribution in [0.1, 0.15) is 38.7 Å². The van der Waals surface area contributed by atoms with Gasteiger partial charge in [-0.05, 0) is 71.5 Å². The molecule has 11 heteroatoms. The standard InChI is InChI=1S/C26H31F2N7O2/c1-18(2)14-33(15-19-6-8-20(27)9-7-19)23-11-10-21(13-22(23)28)30-26(37)24-5-3-4-12-35(24)25(36)16-34-17-29-31-32-34/h6-11,13,17-18,24H,3-5,12,14-16H2,1-2H3,(H,30,37)/t24-/m1/s1. The molecule has 0 aliphatic carbocycles. The first-order valence-corrected chi connectivity index (χ1v) is 12.4. The lowest BCUT2D eigenvalue weighted by Gasteiger charge is -2.34. The van der Waals surface area contributed by atoms with Crippen molar-refractivity contribution in [3.63, 3.8) is 0 Å². The first-order chi connectivity index (χ1) is 17.8. The van der Waals surface area contributed by atoms with Gasteiger partial charge in [-0.2, -0.15) is 0 Å². The largest absolute Gasteiger partial charge is 0.365 e. The predicted octanol–water partition coefficient (Wildman–Crippen LogP) is 3.63. The molecule has 1 fully saturated rings. The van der Waals surface area contributed by atoms with Crippen LogP contribution < -0.4 is 10.2 Å². The average Bonchev–Trinajstić information content (AvgIpc) is 3.38. The van der Waals surface area contributed by atoms with Crippen molar-refractivity contribution in [1.82, 2.24) is 25.1 Å². The highest BCUT2D eigenvalue weighted by Gasteiger charge is 2.32. The summed E-state index contributed by atoms with van der Waals surface area (Å²) in [4.78, 5) is 29.4. The Hall–Kier alpha value is -3.89. The first-order valence-electron chi connectivity index (χ1n) is 12.4. The SMILES string of the molecule is CC(C)CN(Cc1ccc(F)cc1)c1ccc(NC(=O)[C@H]2CCCCN2C(=O)Cn2cnnn2)cc1F. The zero-order valence-corrected chi connectivity index (χ0v) is 21.0. The number of benzene rings is 2. The Labute approximate surface area is 214 Å². The molecule has 0 radical (unpaired) electrons. The van der Waals surface area contributed by atoms with Crippen LogP contribution in [0.25, 0.3) is 0 Å². The molecule has 0 spiro atoms. The number of tetrazole rings is 1. The molecule has 37 heavy (non-hydrogen) atoms. The van der Waals surface area contributed by atoms with E-state index in [1.54, 1.807) is 24.3 Å². The Kier molecular flexibility index (Phi) is 8.42. The van der Waals surface area contributed by atoms with Gasteiger partial charge in [-0.1, -0.05) is 26.0 Å². The highest BCUT2D eigenvalue weighted by atomic mass is 19.1. The number of rotatable bonds is 9. The molecule has 1 saturated heterocycles. The normalized spacial score (nSPS) is 15.6. The lowest BCUT2D eigenvalue weighted by molar-refractivity contribution is -0.141. The summed E-state index contributed by atoms with van der Waals surface area (Å²) in [6.45, 7) is 5.50. The molecule has 1 N–H and O–H groups in total. The van der Waals surface area contributed by atoms with Crippen LogP contribution in [-0.4, -0.2) is 56.1 Å². The summed E-state index contributed by atoms with van der Waals surface area (Å²) in [6.07, 6.45) is 3.48. The van der Waals surface area contributed by atoms with Crippen LogP contribution >= 0.6 is 0 Å². The van der Waals surface area contributed by atoms with Gasteiger partial charge in [0.1, 0.15) is 30.5 Å². The number of anilines is 2. The molecule has 0 bridgehead atoms. The van der Waals surface area contributed by atoms with Crippen LogP contribution in [0.2, 0.25) is 0 Å². The summed E-state index contributed by atoms with van der Waals surface area (Å²) >= 11 is 0. The van der Waals surface area contributed by atoms with E-state index in [0.29, 0.717) is 37.4 Å². The number of piperidine rings is 1. The van der Waals surface area contributed by atoms with Crippen molar-refractivity contribution in [2.45, 2.75) is 52.2 Å². The van der Waals surface area contributed by atoms with Crippen molar-refractivity contribution in [2.24, 2.45) is 5.92 Å². The fraction of sp³-hybridized carbons (Fsp3) is 0.423. The molecule has 1 aliphatic heterocycles. The monoisotopic (exact) mass is 511 g/mol. The zero-order chi connectivity index (χ0) is 26.4. The fourth-order valence-corrected chi connectivity index (χ4v) is 4.55. The van der Waals surface area contributed by atoms with E-state index in [1.165, 1.54) is 34.1 Å². The summed E-state index contributed by atoms with van der Waals surface area (Å²) in [5, 5.41) is 13.6. The molecule has 1 atom stereocenters. The summed E-state index contributed by atoms with van der Waals surface area (Å²) in [6, 6.07) is 10.1. The third kappa shape index (κ3) is 6.87. The van der Waals surface area contributed by atoms with Gasteiger partial charge in [-0.25, -0.2) is 13.5 Å². The maximum absolute atomic E-state index is 15.3. The van der Waals surface area contributed by atoms with Crippen molar-refractivity contribution in [1.29, 1.82) is 0 Å². The topological polar surface area (TPSA) is 96.2 Å². The molecule has 4 rings (SSSR count). The van der Waals surface area contributed by atoms with Crippen molar-refractivity contribution in [2.75, 3.05) is 23.3 Å². The zero-order valence-electron chi connectivity index (χ0n) is 21.0. The Balaban J connectivity index is 1.46. The molecule has 1 aromatic heterocycles. The van der Waals surface area contributed by atoms with Gasteiger partial charge in [0, 0.05) is 25.3 Å². The van der Waals surface area contributed by atoms with Crippen molar-refractivity contribution < 1.29 is 18.4 Å². The second-order valence-electron chi connectivity index (χ2n) is 9.66. The number of likely N-dealkylation sites (tertiary alicyclic amines) is 1. The average molecular weight is 512 g/mol. The van der Waals surface area contributed by atoms with Crippen LogP contribution in [-0.2, 0) is 22.7 Å². The quantitative estimate of drug-likeness (QED) is 0.471. The van der Waals surface area contributed by atoms with Gasteiger partial charge in [0.15, 0.2) is 0 Å². The molecule has 196 valence electrons. The minimum Gasteiger partial charge on any atom is -0.365 e. The third-order valence-electron chi connectivity index (χ3n) is 6.24. The molecule has 0 unspecified atom stereocenters. The maximum atomic E-state index is 15.3. The molecule has 3 aromatic rings. The number of carbonyl (C=O) groups excluding carboxylic acids is 2. The van der Waals surface area contributed by atoms with E-state index in [9.17, 15) is 14.0 Å². The number of carbonyl (C=O) groups is 2. The molecular weight excluding hydrogens is 480 g/mol. The fourth-order valence-electron chi connectivity index (χ4n) is 4.55. The van der Waals surface area contributed by atoms with Gasteiger partial charge in [0.25, 0.3) is 0 Å². The number of nitrogens with zero attached hydrogens (tertiary/aromatic N) is 6. The Morgan fingerprint density at radius 3 is 2.59 bits per heavy atom. The third-order valence-corrected chi connectivity index (χ3v) is 6.24. The minimum absolute atomic E-state index is 0.0557. The smallest absolute Gasteiger partial charge is 0.247 e. The van der Waals surface area contributed by atoms with E-state index in [0.717, 1.165) is 18.4 Å². The summed E-state index contributed by atoms with van der Waals surface area (Å²) in [5.41, 5.74) is 1.57. The second kappa shape index (κ2) is 11.9. The second-order valence-corrected chi connectivity index (χ2v) is 9.66. The van der Waals surface area contributed by atoms with Gasteiger partial charge in [0.2, 0.25) is 11.8 Å². The van der Waals surface area contributed by atoms with Crippen molar-refractivity contribution in [3.8, 4) is 0 Å². The molecular formula is C26H31F2N7O2. The van der Waals surface area contributed by atoms with Gasteiger partial charge >= 0.3 is 0 Å². The predicted molar refractivity (Wildman–Crippen MR) is 134 cm³/mol. The Morgan fingerprint density at radius 2 is 1.92 bits per heavy atom. The van der Waals surface area contributed by atoms with Crippen LogP contribution in [0.4, 0.5) is 20.2 Å². The van der Waals surface area contributed by atoms with E-state index < -0.39 is 11.9 Å². The van der Waals surface area contributed by atoms with E-state index in [1.807, 2.05) is 18.7 Å². The van der Waals surface area contributed by atoms with Crippen molar-refractivity contribution in [3.05, 3.63) is 66.0 Å². The lowest BCUT2D eigenvalue weighted by Crippen LogP contribution is -2.51. The van der Waals surface area contributed by atoms with E-state index >= 15 is 4.39 Å². The Bertz CT molecular complexity index is 1200. The van der Waals surface area contributed by atoms with Crippen LogP contribution in [0.3, 0.4) is 0 Å². The summed E-state index contributed by atoms with van der Waals surface area (Å²) in [5.74, 6) is -1.14. The van der Waals surface area contributed by atoms with Gasteiger partial charge in [0.05, 0.1) is 5.69 Å². The molecule has 0 saturated carbocycles. The van der Waals surface area contributed by atoms with Crippen molar-refractivity contribution >= 4 is 23.2 Å². The number of amides is 2. The number of hydrogen-bond acceptors (Lipinski definition) is 6. The maximum Gasteiger partial charge on any atom is 0.247 e. The van der Waals surface area contributed by atoms with Gasteiger partial charge < -0.3 is 15.1 Å². The van der Waals surface area contributed by atoms with E-state index in [4.69, 9.17) is 0 Å². The number of nitrogens with one attached hydrogen (secondary N) is 1. The molecule has 1 aliphatic rings. The number of halogens is 2. The van der Waals surface area contributed by atoms with Gasteiger partial charge in [-0.3, -0.25) is 9.59 Å². The minimum atomic E-state index is -0.656. The van der Waals surface area contributed by atoms with Gasteiger partial charge in [-0.15, -0.1) is 5.10 Å². The lowest BCUT2D eigenvalue weighted by atomic mass is 10.0. The van der Waals surface area contributed by atoms with Crippen LogP contribution in [0.5, 0.6) is 0 Å². The summed E-state index contributed by atoms with van der Waals surface area (Å²) < 4.78 is 29.9. The summed E-state index contributed by atoms with van der Waals surface area (Å²) in [7, 11) is 0. The van der Waals surface area contributed by atoms with Crippen LogP contribution in [0, 0.1) is 17.6 Å². The Morgan fingerprint density at radius 1 is 1.14 bits per heavy atom. The molecule has 2 amide bonds. The molecule has 2 heterocycles. The first kappa shape index (κ1) is 26.2. The molecule has 2 aromatic carbocycles. The van der Waals surface area contributed by atoms with Crippen LogP contribution in [0.15, 0.2) is 48.8 Å². The van der Waals surface area contributed by atoms with E-state index in [2.05, 4.69) is 20.8 Å².